The molecule has 3 rings (SSSR count). The molecule has 1 N–H and O–H groups in total. The molecule has 2 aliphatic rings. The van der Waals surface area contributed by atoms with E-state index in [0.29, 0.717) is 6.04 Å². The molecule has 24 heavy (non-hydrogen) atoms. The zero-order valence-electron chi connectivity index (χ0n) is 13.7. The van der Waals surface area contributed by atoms with E-state index in [1.54, 1.807) is 12.2 Å². The van der Waals surface area contributed by atoms with Gasteiger partial charge in [0.1, 0.15) is 0 Å². The predicted octanol–water partition coefficient (Wildman–Crippen LogP) is 3.99. The molecular formula is C20H23NO3. The molecule has 0 bridgehead atoms. The number of rotatable bonds is 5. The third kappa shape index (κ3) is 4.75. The SMILES string of the molecule is O=C(/C=C/C=C/C=C/c1ccc2c(c1)OCO2)NC1CCCCC1. The Kier molecular flexibility index (Phi) is 5.72. The summed E-state index contributed by atoms with van der Waals surface area (Å²) >= 11 is 0. The van der Waals surface area contributed by atoms with E-state index in [2.05, 4.69) is 5.32 Å². The van der Waals surface area contributed by atoms with Crippen LogP contribution in [0.25, 0.3) is 6.08 Å². The van der Waals surface area contributed by atoms with Gasteiger partial charge in [0.2, 0.25) is 12.7 Å². The van der Waals surface area contributed by atoms with Crippen LogP contribution in [0.5, 0.6) is 11.5 Å². The second kappa shape index (κ2) is 8.39. The summed E-state index contributed by atoms with van der Waals surface area (Å²) < 4.78 is 10.6. The first-order valence-electron chi connectivity index (χ1n) is 8.53. The van der Waals surface area contributed by atoms with Crippen LogP contribution < -0.4 is 14.8 Å². The summed E-state index contributed by atoms with van der Waals surface area (Å²) in [6.45, 7) is 0.288. The summed E-state index contributed by atoms with van der Waals surface area (Å²) in [5, 5.41) is 3.06. The fourth-order valence-corrected chi connectivity index (χ4v) is 2.95. The van der Waals surface area contributed by atoms with Crippen molar-refractivity contribution in [1.82, 2.24) is 5.32 Å². The summed E-state index contributed by atoms with van der Waals surface area (Å²) in [5.41, 5.74) is 1.04. The first-order chi connectivity index (χ1) is 11.8. The van der Waals surface area contributed by atoms with Crippen LogP contribution in [0.4, 0.5) is 0 Å². The Balaban J connectivity index is 1.43. The number of fused-ring (bicyclic) bond motifs is 1. The smallest absolute Gasteiger partial charge is 0.244 e. The second-order valence-electron chi connectivity index (χ2n) is 6.06. The molecule has 0 unspecified atom stereocenters. The molecule has 1 saturated carbocycles. The van der Waals surface area contributed by atoms with Crippen molar-refractivity contribution in [3.63, 3.8) is 0 Å². The topological polar surface area (TPSA) is 47.6 Å². The van der Waals surface area contributed by atoms with E-state index < -0.39 is 0 Å². The minimum absolute atomic E-state index is 0.00806. The van der Waals surface area contributed by atoms with Gasteiger partial charge in [-0.15, -0.1) is 0 Å². The molecule has 4 heteroatoms. The van der Waals surface area contributed by atoms with Crippen LogP contribution in [0.1, 0.15) is 37.7 Å². The molecule has 0 aromatic heterocycles. The first kappa shape index (κ1) is 16.4. The van der Waals surface area contributed by atoms with Crippen LogP contribution in [-0.4, -0.2) is 18.7 Å². The Labute approximate surface area is 142 Å². The van der Waals surface area contributed by atoms with Crippen molar-refractivity contribution in [1.29, 1.82) is 0 Å². The number of nitrogens with one attached hydrogen (secondary N) is 1. The number of benzene rings is 1. The highest BCUT2D eigenvalue weighted by Gasteiger charge is 2.14. The van der Waals surface area contributed by atoms with E-state index in [0.717, 1.165) is 29.9 Å². The summed E-state index contributed by atoms with van der Waals surface area (Å²) in [6.07, 6.45) is 17.0. The van der Waals surface area contributed by atoms with Gasteiger partial charge < -0.3 is 14.8 Å². The zero-order chi connectivity index (χ0) is 16.6. The van der Waals surface area contributed by atoms with Crippen molar-refractivity contribution in [2.75, 3.05) is 6.79 Å². The maximum absolute atomic E-state index is 11.8. The highest BCUT2D eigenvalue weighted by atomic mass is 16.7. The number of amides is 1. The Morgan fingerprint density at radius 1 is 1.00 bits per heavy atom. The summed E-state index contributed by atoms with van der Waals surface area (Å²) in [4.78, 5) is 11.8. The average molecular weight is 325 g/mol. The maximum Gasteiger partial charge on any atom is 0.244 e. The van der Waals surface area contributed by atoms with Gasteiger partial charge in [-0.05, 0) is 30.5 Å². The number of allylic oxidation sites excluding steroid dienone is 4. The molecule has 1 aromatic rings. The van der Waals surface area contributed by atoms with Crippen LogP contribution in [0.3, 0.4) is 0 Å². The van der Waals surface area contributed by atoms with Crippen LogP contribution in [0.15, 0.2) is 48.6 Å². The fourth-order valence-electron chi connectivity index (χ4n) is 2.95. The summed E-state index contributed by atoms with van der Waals surface area (Å²) in [7, 11) is 0. The molecule has 0 spiro atoms. The number of hydrogen-bond donors (Lipinski definition) is 1. The lowest BCUT2D eigenvalue weighted by Gasteiger charge is -2.21. The molecule has 126 valence electrons. The van der Waals surface area contributed by atoms with Gasteiger partial charge >= 0.3 is 0 Å². The lowest BCUT2D eigenvalue weighted by molar-refractivity contribution is -0.117. The van der Waals surface area contributed by atoms with Gasteiger partial charge in [0.25, 0.3) is 0 Å². The zero-order valence-corrected chi connectivity index (χ0v) is 13.7. The molecule has 1 aliphatic heterocycles. The van der Waals surface area contributed by atoms with E-state index in [1.165, 1.54) is 19.3 Å². The largest absolute Gasteiger partial charge is 0.454 e. The van der Waals surface area contributed by atoms with Crippen molar-refractivity contribution < 1.29 is 14.3 Å². The Hall–Kier alpha value is -2.49. The molecule has 1 aliphatic carbocycles. The van der Waals surface area contributed by atoms with Gasteiger partial charge in [0.15, 0.2) is 11.5 Å². The van der Waals surface area contributed by atoms with E-state index in [4.69, 9.17) is 9.47 Å². The number of hydrogen-bond acceptors (Lipinski definition) is 3. The Bertz CT molecular complexity index is 655. The molecule has 0 atom stereocenters. The first-order valence-corrected chi connectivity index (χ1v) is 8.53. The maximum atomic E-state index is 11.8. The van der Waals surface area contributed by atoms with E-state index in [-0.39, 0.29) is 12.7 Å². The summed E-state index contributed by atoms with van der Waals surface area (Å²) in [6, 6.07) is 6.18. The van der Waals surface area contributed by atoms with Crippen LogP contribution in [0, 0.1) is 0 Å². The lowest BCUT2D eigenvalue weighted by Crippen LogP contribution is -2.34. The number of carbonyl (C=O) groups is 1. The van der Waals surface area contributed by atoms with Crippen LogP contribution >= 0.6 is 0 Å². The van der Waals surface area contributed by atoms with Gasteiger partial charge in [-0.2, -0.15) is 0 Å². The monoisotopic (exact) mass is 325 g/mol. The van der Waals surface area contributed by atoms with E-state index in [9.17, 15) is 4.79 Å². The molecule has 1 fully saturated rings. The Morgan fingerprint density at radius 2 is 1.79 bits per heavy atom. The van der Waals surface area contributed by atoms with Gasteiger partial charge in [-0.3, -0.25) is 4.79 Å². The van der Waals surface area contributed by atoms with Crippen molar-refractivity contribution in [2.45, 2.75) is 38.1 Å². The molecule has 0 radical (unpaired) electrons. The number of ether oxygens (including phenoxy) is 2. The van der Waals surface area contributed by atoms with Gasteiger partial charge in [0.05, 0.1) is 0 Å². The van der Waals surface area contributed by atoms with Crippen molar-refractivity contribution in [3.8, 4) is 11.5 Å². The third-order valence-corrected chi connectivity index (χ3v) is 4.22. The van der Waals surface area contributed by atoms with Crippen LogP contribution in [-0.2, 0) is 4.79 Å². The highest BCUT2D eigenvalue weighted by molar-refractivity contribution is 5.88. The third-order valence-electron chi connectivity index (χ3n) is 4.22. The molecule has 1 heterocycles. The van der Waals surface area contributed by atoms with Gasteiger partial charge in [-0.1, -0.05) is 55.7 Å². The molecule has 0 saturated heterocycles. The van der Waals surface area contributed by atoms with Gasteiger partial charge in [-0.25, -0.2) is 0 Å². The van der Waals surface area contributed by atoms with Crippen molar-refractivity contribution in [2.24, 2.45) is 0 Å². The van der Waals surface area contributed by atoms with Crippen LogP contribution in [0.2, 0.25) is 0 Å². The molecule has 4 nitrogen and oxygen atoms in total. The van der Waals surface area contributed by atoms with Crippen molar-refractivity contribution >= 4 is 12.0 Å². The fraction of sp³-hybridized carbons (Fsp3) is 0.350. The molecule has 1 aromatic carbocycles. The minimum atomic E-state index is -0.00806. The van der Waals surface area contributed by atoms with E-state index in [1.807, 2.05) is 42.5 Å². The highest BCUT2D eigenvalue weighted by Crippen LogP contribution is 2.32. The standard InChI is InChI=1S/C20H23NO3/c22-20(21-17-9-5-3-6-10-17)11-7-2-1-4-8-16-12-13-18-19(14-16)24-15-23-18/h1-2,4,7-8,11-14,17H,3,5-6,9-10,15H2,(H,21,22)/b2-1+,8-4+,11-7+. The minimum Gasteiger partial charge on any atom is -0.454 e. The predicted molar refractivity (Wildman–Crippen MR) is 94.9 cm³/mol. The lowest BCUT2D eigenvalue weighted by atomic mass is 9.95. The molecule has 1 amide bonds. The Morgan fingerprint density at radius 3 is 2.67 bits per heavy atom. The summed E-state index contributed by atoms with van der Waals surface area (Å²) in [5.74, 6) is 1.56. The normalized spacial score (nSPS) is 18.0. The average Bonchev–Trinajstić information content (AvgIpc) is 3.06. The van der Waals surface area contributed by atoms with E-state index >= 15 is 0 Å². The quantitative estimate of drug-likeness (QED) is 0.658. The number of carbonyl (C=O) groups excluding carboxylic acids is 1. The van der Waals surface area contributed by atoms with Gasteiger partial charge in [0, 0.05) is 12.1 Å². The van der Waals surface area contributed by atoms with Crippen molar-refractivity contribution in [3.05, 3.63) is 54.1 Å². The molecular weight excluding hydrogens is 302 g/mol. The second-order valence-corrected chi connectivity index (χ2v) is 6.06.